The van der Waals surface area contributed by atoms with Crippen LogP contribution in [-0.2, 0) is 32.7 Å². The Morgan fingerprint density at radius 3 is 1.23 bits per heavy atom. The lowest BCUT2D eigenvalue weighted by Crippen LogP contribution is -2.37. The minimum Gasteiger partial charge on any atom is -0.462 e. The van der Waals surface area contributed by atoms with E-state index in [9.17, 15) is 19.0 Å². The molecule has 2 unspecified atom stereocenters. The average molecular weight is 1000 g/mol. The van der Waals surface area contributed by atoms with Gasteiger partial charge >= 0.3 is 19.8 Å². The molecular weight excluding hydrogens is 894 g/mol. The summed E-state index contributed by atoms with van der Waals surface area (Å²) >= 11 is 0. The molecule has 70 heavy (non-hydrogen) atoms. The number of phosphoric acid groups is 1. The van der Waals surface area contributed by atoms with Crippen LogP contribution in [0.4, 0.5) is 0 Å². The lowest BCUT2D eigenvalue weighted by atomic mass is 10.0. The van der Waals surface area contributed by atoms with E-state index in [1.165, 1.54) is 122 Å². The zero-order valence-corrected chi connectivity index (χ0v) is 46.9. The molecule has 0 aliphatic heterocycles. The van der Waals surface area contributed by atoms with E-state index in [-0.39, 0.29) is 32.0 Å². The third-order valence-corrected chi connectivity index (χ3v) is 13.2. The maximum absolute atomic E-state index is 12.8. The third-order valence-electron chi connectivity index (χ3n) is 12.2. The molecule has 0 rings (SSSR count). The summed E-state index contributed by atoms with van der Waals surface area (Å²) in [5, 5.41) is 0. The van der Waals surface area contributed by atoms with Gasteiger partial charge in [-0.15, -0.1) is 0 Å². The van der Waals surface area contributed by atoms with Crippen molar-refractivity contribution < 1.29 is 42.1 Å². The third kappa shape index (κ3) is 54.8. The molecule has 0 saturated heterocycles. The summed E-state index contributed by atoms with van der Waals surface area (Å²) < 4.78 is 34.4. The molecule has 0 aromatic heterocycles. The largest absolute Gasteiger partial charge is 0.472 e. The number of ether oxygens (including phenoxy) is 2. The Kier molecular flexibility index (Phi) is 49.5. The zero-order valence-electron chi connectivity index (χ0n) is 46.0. The van der Waals surface area contributed by atoms with Gasteiger partial charge in [-0.3, -0.25) is 18.6 Å². The summed E-state index contributed by atoms with van der Waals surface area (Å²) in [7, 11) is 1.47. The molecule has 0 heterocycles. The van der Waals surface area contributed by atoms with E-state index in [1.54, 1.807) is 0 Å². The van der Waals surface area contributed by atoms with Crippen LogP contribution in [0.25, 0.3) is 0 Å². The minimum atomic E-state index is -4.38. The Balaban J connectivity index is 3.97. The Hall–Kier alpha value is -2.55. The molecule has 0 aromatic rings. The number of hydrogen-bond acceptors (Lipinski definition) is 7. The van der Waals surface area contributed by atoms with Crippen molar-refractivity contribution in [3.8, 4) is 0 Å². The maximum Gasteiger partial charge on any atom is 0.472 e. The van der Waals surface area contributed by atoms with Crippen molar-refractivity contribution in [2.75, 3.05) is 47.5 Å². The summed E-state index contributed by atoms with van der Waals surface area (Å²) in [6.07, 6.45) is 67.1. The van der Waals surface area contributed by atoms with Crippen LogP contribution in [0.1, 0.15) is 245 Å². The second kappa shape index (κ2) is 51.4. The first-order valence-electron chi connectivity index (χ1n) is 28.7. The van der Waals surface area contributed by atoms with Gasteiger partial charge in [0, 0.05) is 12.8 Å². The van der Waals surface area contributed by atoms with E-state index in [0.717, 1.165) is 89.9 Å². The number of rotatable bonds is 52. The Labute approximate surface area is 431 Å². The van der Waals surface area contributed by atoms with Crippen molar-refractivity contribution >= 4 is 19.8 Å². The van der Waals surface area contributed by atoms with Crippen LogP contribution < -0.4 is 0 Å². The molecule has 2 atom stereocenters. The SMILES string of the molecule is CC/C=C\C/C=C\C/C=C\C/C=C\C/C=C\CCCCCCCCCCCCCCCCCCCCCC(=O)OC(COC(=O)CCCCCCC/C=C\CCCC)COP(=O)(O)OCC[N+](C)(C)C. The fraction of sp³-hybridized carbons (Fsp3) is 0.767. The van der Waals surface area contributed by atoms with E-state index >= 15 is 0 Å². The number of quaternary nitrogens is 1. The molecule has 0 spiro atoms. The van der Waals surface area contributed by atoms with Gasteiger partial charge in [0.15, 0.2) is 6.10 Å². The van der Waals surface area contributed by atoms with Crippen LogP contribution in [-0.4, -0.2) is 74.9 Å². The number of phosphoric ester groups is 1. The van der Waals surface area contributed by atoms with Crippen LogP contribution in [0.15, 0.2) is 72.9 Å². The highest BCUT2D eigenvalue weighted by atomic mass is 31.2. The predicted octanol–water partition coefficient (Wildman–Crippen LogP) is 17.7. The van der Waals surface area contributed by atoms with Gasteiger partial charge in [0.1, 0.15) is 19.8 Å². The number of unbranched alkanes of at least 4 members (excludes halogenated alkanes) is 26. The molecule has 10 heteroatoms. The van der Waals surface area contributed by atoms with E-state index in [4.69, 9.17) is 18.5 Å². The summed E-state index contributed by atoms with van der Waals surface area (Å²) in [4.78, 5) is 35.5. The number of carbonyl (C=O) groups is 2. The standard InChI is InChI=1S/C60H108NO8P/c1-6-8-10-12-14-16-18-19-20-21-22-23-24-25-26-27-28-29-30-31-32-33-34-35-36-37-38-39-40-41-43-45-47-49-51-53-60(63)69-58(57-68-70(64,65)67-55-54-61(3,4)5)56-66-59(62)52-50-48-46-44-42-17-15-13-11-9-7-2/h8,10,13-16,19-20,22-23,25-26,58H,6-7,9,11-12,17-18,21,24,27-57H2,1-5H3/p+1/b10-8-,15-13-,16-14-,20-19-,23-22-,26-25-. The van der Waals surface area contributed by atoms with Crippen molar-refractivity contribution in [3.63, 3.8) is 0 Å². The van der Waals surface area contributed by atoms with Crippen LogP contribution >= 0.6 is 7.82 Å². The maximum atomic E-state index is 12.8. The Bertz CT molecular complexity index is 1410. The fourth-order valence-corrected chi connectivity index (χ4v) is 8.53. The number of carbonyl (C=O) groups excluding carboxylic acids is 2. The van der Waals surface area contributed by atoms with Crippen LogP contribution in [0.2, 0.25) is 0 Å². The van der Waals surface area contributed by atoms with Gasteiger partial charge < -0.3 is 18.9 Å². The minimum absolute atomic E-state index is 0.0299. The lowest BCUT2D eigenvalue weighted by molar-refractivity contribution is -0.870. The summed E-state index contributed by atoms with van der Waals surface area (Å²) in [6.45, 7) is 4.28. The second-order valence-corrected chi connectivity index (χ2v) is 21.7. The van der Waals surface area contributed by atoms with E-state index in [1.807, 2.05) is 21.1 Å². The Morgan fingerprint density at radius 2 is 0.814 bits per heavy atom. The van der Waals surface area contributed by atoms with Crippen molar-refractivity contribution in [1.82, 2.24) is 0 Å². The van der Waals surface area contributed by atoms with E-state index in [2.05, 4.69) is 86.8 Å². The van der Waals surface area contributed by atoms with Gasteiger partial charge in [0.2, 0.25) is 0 Å². The molecule has 0 amide bonds. The van der Waals surface area contributed by atoms with Gasteiger partial charge in [-0.05, 0) is 77.0 Å². The van der Waals surface area contributed by atoms with Gasteiger partial charge in [-0.25, -0.2) is 4.57 Å². The van der Waals surface area contributed by atoms with Crippen LogP contribution in [0, 0.1) is 0 Å². The number of esters is 2. The number of allylic oxidation sites excluding steroid dienone is 12. The zero-order chi connectivity index (χ0) is 51.3. The molecule has 0 aromatic carbocycles. The van der Waals surface area contributed by atoms with Crippen molar-refractivity contribution in [2.45, 2.75) is 251 Å². The van der Waals surface area contributed by atoms with Crippen molar-refractivity contribution in [2.24, 2.45) is 0 Å². The molecule has 0 bridgehead atoms. The lowest BCUT2D eigenvalue weighted by Gasteiger charge is -2.24. The van der Waals surface area contributed by atoms with Crippen LogP contribution in [0.5, 0.6) is 0 Å². The molecule has 1 N–H and O–H groups in total. The molecule has 406 valence electrons. The first kappa shape index (κ1) is 67.5. The fourth-order valence-electron chi connectivity index (χ4n) is 7.79. The molecule has 9 nitrogen and oxygen atoms in total. The number of hydrogen-bond donors (Lipinski definition) is 1. The second-order valence-electron chi connectivity index (χ2n) is 20.3. The molecule has 0 radical (unpaired) electrons. The molecular formula is C60H109NO8P+. The normalized spacial score (nSPS) is 13.9. The number of nitrogens with zero attached hydrogens (tertiary/aromatic N) is 1. The molecule has 0 fully saturated rings. The smallest absolute Gasteiger partial charge is 0.462 e. The first-order valence-corrected chi connectivity index (χ1v) is 30.2. The van der Waals surface area contributed by atoms with Gasteiger partial charge in [0.25, 0.3) is 0 Å². The quantitative estimate of drug-likeness (QED) is 0.0211. The summed E-state index contributed by atoms with van der Waals surface area (Å²) in [5.41, 5.74) is 0. The van der Waals surface area contributed by atoms with Gasteiger partial charge in [0.05, 0.1) is 27.7 Å². The highest BCUT2D eigenvalue weighted by molar-refractivity contribution is 7.47. The molecule has 0 aliphatic rings. The first-order chi connectivity index (χ1) is 34.0. The predicted molar refractivity (Wildman–Crippen MR) is 298 cm³/mol. The highest BCUT2D eigenvalue weighted by Crippen LogP contribution is 2.43. The monoisotopic (exact) mass is 1000 g/mol. The molecule has 0 aliphatic carbocycles. The average Bonchev–Trinajstić information content (AvgIpc) is 3.32. The summed E-state index contributed by atoms with van der Waals surface area (Å²) in [6, 6.07) is 0. The number of likely N-dealkylation sites (N-methyl/N-ethyl adjacent to an activating group) is 1. The topological polar surface area (TPSA) is 108 Å². The van der Waals surface area contributed by atoms with Crippen molar-refractivity contribution in [1.29, 1.82) is 0 Å². The molecule has 0 saturated carbocycles. The van der Waals surface area contributed by atoms with E-state index in [0.29, 0.717) is 17.4 Å². The van der Waals surface area contributed by atoms with E-state index < -0.39 is 26.5 Å². The summed E-state index contributed by atoms with van der Waals surface area (Å²) in [5.74, 6) is -0.804. The van der Waals surface area contributed by atoms with Gasteiger partial charge in [-0.1, -0.05) is 228 Å². The van der Waals surface area contributed by atoms with Crippen molar-refractivity contribution in [3.05, 3.63) is 72.9 Å². The Morgan fingerprint density at radius 1 is 0.457 bits per heavy atom. The highest BCUT2D eigenvalue weighted by Gasteiger charge is 2.27. The van der Waals surface area contributed by atoms with Gasteiger partial charge in [-0.2, -0.15) is 0 Å². The van der Waals surface area contributed by atoms with Crippen LogP contribution in [0.3, 0.4) is 0 Å².